The highest BCUT2D eigenvalue weighted by Crippen LogP contribution is 2.19. The minimum atomic E-state index is -0.155. The Bertz CT molecular complexity index is 1140. The topological polar surface area (TPSA) is 64.7 Å². The zero-order chi connectivity index (χ0) is 23.9. The van der Waals surface area contributed by atoms with Crippen LogP contribution in [-0.2, 0) is 17.9 Å². The molecule has 0 radical (unpaired) electrons. The Morgan fingerprint density at radius 2 is 1.53 bits per heavy atom. The van der Waals surface area contributed by atoms with Crippen molar-refractivity contribution >= 4 is 23.2 Å². The number of amides is 2. The van der Waals surface area contributed by atoms with Gasteiger partial charge in [0.25, 0.3) is 5.91 Å². The second-order valence-electron chi connectivity index (χ2n) is 8.76. The van der Waals surface area contributed by atoms with Gasteiger partial charge in [-0.2, -0.15) is 0 Å². The van der Waals surface area contributed by atoms with E-state index in [0.29, 0.717) is 17.8 Å². The van der Waals surface area contributed by atoms with Crippen LogP contribution in [0.1, 0.15) is 34.0 Å². The molecule has 3 aromatic rings. The summed E-state index contributed by atoms with van der Waals surface area (Å²) >= 11 is 0. The van der Waals surface area contributed by atoms with Crippen molar-refractivity contribution in [2.75, 3.05) is 36.4 Å². The highest BCUT2D eigenvalue weighted by molar-refractivity contribution is 5.97. The van der Waals surface area contributed by atoms with E-state index in [-0.39, 0.29) is 11.8 Å². The number of nitrogens with one attached hydrogen (secondary N) is 2. The molecule has 6 heteroatoms. The third-order valence-corrected chi connectivity index (χ3v) is 6.26. The second kappa shape index (κ2) is 11.0. The highest BCUT2D eigenvalue weighted by atomic mass is 16.2. The summed E-state index contributed by atoms with van der Waals surface area (Å²) in [5.41, 5.74) is 5.75. The molecule has 0 aliphatic carbocycles. The average Bonchev–Trinajstić information content (AvgIpc) is 2.85. The molecule has 0 aromatic heterocycles. The first-order valence-corrected chi connectivity index (χ1v) is 11.7. The maximum absolute atomic E-state index is 12.8. The number of piperazine rings is 1. The molecule has 3 aromatic carbocycles. The zero-order valence-electron chi connectivity index (χ0n) is 19.9. The Hall–Kier alpha value is -3.64. The van der Waals surface area contributed by atoms with Crippen molar-refractivity contribution in [2.24, 2.45) is 0 Å². The number of carbonyl (C=O) groups excluding carboxylic acids is 2. The van der Waals surface area contributed by atoms with Gasteiger partial charge in [0, 0.05) is 63.1 Å². The van der Waals surface area contributed by atoms with Crippen LogP contribution < -0.4 is 15.5 Å². The quantitative estimate of drug-likeness (QED) is 0.559. The molecule has 0 unspecified atom stereocenters. The zero-order valence-corrected chi connectivity index (χ0v) is 19.9. The van der Waals surface area contributed by atoms with E-state index in [1.807, 2.05) is 19.1 Å². The number of nitrogens with zero attached hydrogens (tertiary/aromatic N) is 2. The number of para-hydroxylation sites is 1. The van der Waals surface area contributed by atoms with E-state index in [1.165, 1.54) is 18.2 Å². The molecule has 0 bridgehead atoms. The lowest BCUT2D eigenvalue weighted by molar-refractivity contribution is -0.114. The first kappa shape index (κ1) is 23.5. The van der Waals surface area contributed by atoms with Gasteiger partial charge in [-0.05, 0) is 47.9 Å². The molecular weight excluding hydrogens is 424 g/mol. The molecule has 6 nitrogen and oxygen atoms in total. The number of anilines is 2. The van der Waals surface area contributed by atoms with Gasteiger partial charge in [-0.3, -0.25) is 14.5 Å². The lowest BCUT2D eigenvalue weighted by atomic mass is 10.1. The predicted octanol–water partition coefficient (Wildman–Crippen LogP) is 4.21. The van der Waals surface area contributed by atoms with Crippen molar-refractivity contribution in [2.45, 2.75) is 26.9 Å². The van der Waals surface area contributed by atoms with Gasteiger partial charge in [0.05, 0.1) is 0 Å². The molecule has 34 heavy (non-hydrogen) atoms. The van der Waals surface area contributed by atoms with Crippen molar-refractivity contribution in [1.82, 2.24) is 10.2 Å². The fourth-order valence-electron chi connectivity index (χ4n) is 4.29. The smallest absolute Gasteiger partial charge is 0.251 e. The van der Waals surface area contributed by atoms with Crippen LogP contribution in [-0.4, -0.2) is 42.9 Å². The van der Waals surface area contributed by atoms with Crippen LogP contribution in [0.15, 0.2) is 72.8 Å². The Kier molecular flexibility index (Phi) is 7.60. The van der Waals surface area contributed by atoms with Crippen LogP contribution in [0.2, 0.25) is 0 Å². The number of rotatable bonds is 7. The van der Waals surface area contributed by atoms with Crippen molar-refractivity contribution in [3.8, 4) is 0 Å². The molecule has 1 aliphatic heterocycles. The monoisotopic (exact) mass is 456 g/mol. The Morgan fingerprint density at radius 3 is 2.24 bits per heavy atom. The Labute approximate surface area is 201 Å². The minimum absolute atomic E-state index is 0.154. The van der Waals surface area contributed by atoms with Gasteiger partial charge < -0.3 is 15.5 Å². The molecule has 1 fully saturated rings. The molecule has 0 spiro atoms. The maximum atomic E-state index is 12.8. The lowest BCUT2D eigenvalue weighted by Gasteiger charge is -2.36. The highest BCUT2D eigenvalue weighted by Gasteiger charge is 2.18. The fraction of sp³-hybridized carbons (Fsp3) is 0.286. The molecule has 1 aliphatic rings. The van der Waals surface area contributed by atoms with Crippen molar-refractivity contribution in [3.05, 3.63) is 95.1 Å². The van der Waals surface area contributed by atoms with Crippen molar-refractivity contribution in [1.29, 1.82) is 0 Å². The van der Waals surface area contributed by atoms with Crippen LogP contribution in [0, 0.1) is 6.92 Å². The summed E-state index contributed by atoms with van der Waals surface area (Å²) in [5, 5.41) is 5.83. The van der Waals surface area contributed by atoms with Crippen molar-refractivity contribution < 1.29 is 9.59 Å². The number of hydrogen-bond donors (Lipinski definition) is 2. The number of aryl methyl sites for hydroxylation is 1. The molecule has 1 heterocycles. The summed E-state index contributed by atoms with van der Waals surface area (Å²) in [6, 6.07) is 24.2. The summed E-state index contributed by atoms with van der Waals surface area (Å²) in [4.78, 5) is 29.1. The van der Waals surface area contributed by atoms with Gasteiger partial charge >= 0.3 is 0 Å². The summed E-state index contributed by atoms with van der Waals surface area (Å²) in [7, 11) is 0. The summed E-state index contributed by atoms with van der Waals surface area (Å²) in [5.74, 6) is -0.308. The van der Waals surface area contributed by atoms with Gasteiger partial charge in [-0.15, -0.1) is 0 Å². The van der Waals surface area contributed by atoms with Crippen LogP contribution in [0.4, 0.5) is 11.4 Å². The van der Waals surface area contributed by atoms with Crippen molar-refractivity contribution in [3.63, 3.8) is 0 Å². The van der Waals surface area contributed by atoms with E-state index in [2.05, 4.69) is 69.0 Å². The van der Waals surface area contributed by atoms with Gasteiger partial charge in [0.2, 0.25) is 5.91 Å². The normalized spacial score (nSPS) is 14.0. The molecule has 0 atom stereocenters. The summed E-state index contributed by atoms with van der Waals surface area (Å²) in [6.07, 6.45) is 0. The first-order chi connectivity index (χ1) is 16.5. The largest absolute Gasteiger partial charge is 0.369 e. The molecule has 2 N–H and O–H groups in total. The molecule has 4 rings (SSSR count). The number of benzene rings is 3. The lowest BCUT2D eigenvalue weighted by Crippen LogP contribution is -2.46. The van der Waals surface area contributed by atoms with Gasteiger partial charge in [-0.1, -0.05) is 48.5 Å². The predicted molar refractivity (Wildman–Crippen MR) is 137 cm³/mol. The standard InChI is InChI=1S/C28H32N4O2/c1-21-12-13-23(18-27(21)30-22(2)33)28(34)29-19-24-8-6-7-9-25(24)20-31-14-16-32(17-15-31)26-10-4-3-5-11-26/h3-13,18H,14-17,19-20H2,1-2H3,(H,29,34)(H,30,33). The molecular formula is C28H32N4O2. The third kappa shape index (κ3) is 6.02. The Balaban J connectivity index is 1.35. The van der Waals surface area contributed by atoms with E-state index in [4.69, 9.17) is 0 Å². The van der Waals surface area contributed by atoms with E-state index in [0.717, 1.165) is 43.9 Å². The minimum Gasteiger partial charge on any atom is -0.369 e. The first-order valence-electron chi connectivity index (χ1n) is 11.7. The SMILES string of the molecule is CC(=O)Nc1cc(C(=O)NCc2ccccc2CN2CCN(c3ccccc3)CC2)ccc1C. The second-order valence-corrected chi connectivity index (χ2v) is 8.76. The molecule has 176 valence electrons. The maximum Gasteiger partial charge on any atom is 0.251 e. The number of hydrogen-bond acceptors (Lipinski definition) is 4. The average molecular weight is 457 g/mol. The van der Waals surface area contributed by atoms with Crippen LogP contribution in [0.5, 0.6) is 0 Å². The van der Waals surface area contributed by atoms with E-state index < -0.39 is 0 Å². The van der Waals surface area contributed by atoms with Gasteiger partial charge in [0.15, 0.2) is 0 Å². The van der Waals surface area contributed by atoms with Crippen LogP contribution in [0.25, 0.3) is 0 Å². The van der Waals surface area contributed by atoms with Gasteiger partial charge in [0.1, 0.15) is 0 Å². The Morgan fingerprint density at radius 1 is 0.853 bits per heavy atom. The fourth-order valence-corrected chi connectivity index (χ4v) is 4.29. The summed E-state index contributed by atoms with van der Waals surface area (Å²) in [6.45, 7) is 8.72. The van der Waals surface area contributed by atoms with Gasteiger partial charge in [-0.25, -0.2) is 0 Å². The summed E-state index contributed by atoms with van der Waals surface area (Å²) < 4.78 is 0. The molecule has 2 amide bonds. The van der Waals surface area contributed by atoms with E-state index in [9.17, 15) is 9.59 Å². The van der Waals surface area contributed by atoms with E-state index >= 15 is 0 Å². The molecule has 0 saturated carbocycles. The third-order valence-electron chi connectivity index (χ3n) is 6.26. The van der Waals surface area contributed by atoms with Crippen LogP contribution in [0.3, 0.4) is 0 Å². The molecule has 1 saturated heterocycles. The van der Waals surface area contributed by atoms with Crippen LogP contribution >= 0.6 is 0 Å². The number of carbonyl (C=O) groups is 2. The van der Waals surface area contributed by atoms with E-state index in [1.54, 1.807) is 12.1 Å².